The minimum atomic E-state index is -3.45. The Balaban J connectivity index is 1.34. The van der Waals surface area contributed by atoms with E-state index in [1.54, 1.807) is 22.4 Å². The molecule has 4 rings (SSSR count). The van der Waals surface area contributed by atoms with E-state index in [4.69, 9.17) is 0 Å². The largest absolute Gasteiger partial charge is 0.335 e. The third kappa shape index (κ3) is 4.28. The van der Waals surface area contributed by atoms with Gasteiger partial charge < -0.3 is 4.90 Å². The summed E-state index contributed by atoms with van der Waals surface area (Å²) in [6, 6.07) is 3.30. The Morgan fingerprint density at radius 2 is 1.86 bits per heavy atom. The topological polar surface area (TPSA) is 95.1 Å². The third-order valence-electron chi connectivity index (χ3n) is 5.61. The van der Waals surface area contributed by atoms with E-state index in [1.807, 2.05) is 4.90 Å². The van der Waals surface area contributed by atoms with E-state index < -0.39 is 19.9 Å². The molecule has 3 heterocycles. The molecule has 1 amide bonds. The molecule has 2 saturated heterocycles. The van der Waals surface area contributed by atoms with Gasteiger partial charge in [-0.15, -0.1) is 11.3 Å². The second-order valence-electron chi connectivity index (χ2n) is 7.70. The second kappa shape index (κ2) is 7.67. The number of hydrogen-bond donors (Lipinski definition) is 0. The van der Waals surface area contributed by atoms with Crippen molar-refractivity contribution in [3.8, 4) is 0 Å². The van der Waals surface area contributed by atoms with E-state index >= 15 is 0 Å². The van der Waals surface area contributed by atoms with Crippen molar-refractivity contribution < 1.29 is 21.6 Å². The smallest absolute Gasteiger partial charge is 0.252 e. The van der Waals surface area contributed by atoms with Crippen molar-refractivity contribution in [1.29, 1.82) is 0 Å². The lowest BCUT2D eigenvalue weighted by atomic mass is 10.2. The van der Waals surface area contributed by atoms with Crippen LogP contribution in [0.15, 0.2) is 21.7 Å². The van der Waals surface area contributed by atoms with Crippen molar-refractivity contribution in [2.45, 2.75) is 35.6 Å². The molecule has 0 aromatic carbocycles. The van der Waals surface area contributed by atoms with E-state index in [2.05, 4.69) is 0 Å². The van der Waals surface area contributed by atoms with Crippen LogP contribution in [0.3, 0.4) is 0 Å². The summed E-state index contributed by atoms with van der Waals surface area (Å²) in [6.07, 6.45) is 2.40. The lowest BCUT2D eigenvalue weighted by Crippen LogP contribution is -2.53. The van der Waals surface area contributed by atoms with Gasteiger partial charge in [-0.2, -0.15) is 4.31 Å². The predicted octanol–water partition coefficient (Wildman–Crippen LogP) is 0.233. The van der Waals surface area contributed by atoms with Crippen LogP contribution in [-0.4, -0.2) is 93.2 Å². The maximum atomic E-state index is 12.9. The monoisotopic (exact) mass is 447 g/mol. The first-order valence-electron chi connectivity index (χ1n) is 9.54. The van der Waals surface area contributed by atoms with Gasteiger partial charge in [-0.1, -0.05) is 6.07 Å². The number of hydrogen-bond acceptors (Lipinski definition) is 7. The molecule has 1 atom stereocenters. The summed E-state index contributed by atoms with van der Waals surface area (Å²) in [5.41, 5.74) is 0. The fourth-order valence-corrected chi connectivity index (χ4v) is 8.27. The molecule has 0 spiro atoms. The maximum Gasteiger partial charge on any atom is 0.252 e. The van der Waals surface area contributed by atoms with Crippen molar-refractivity contribution in [1.82, 2.24) is 14.1 Å². The van der Waals surface area contributed by atoms with E-state index in [9.17, 15) is 21.6 Å². The number of rotatable bonds is 6. The summed E-state index contributed by atoms with van der Waals surface area (Å²) in [5, 5.41) is 1.75. The number of amides is 1. The molecule has 28 heavy (non-hydrogen) atoms. The highest BCUT2D eigenvalue weighted by atomic mass is 32.2. The molecule has 0 bridgehead atoms. The first-order chi connectivity index (χ1) is 13.3. The van der Waals surface area contributed by atoms with E-state index in [0.29, 0.717) is 36.8 Å². The van der Waals surface area contributed by atoms with Crippen LogP contribution in [0.1, 0.15) is 19.3 Å². The number of carbonyl (C=O) groups is 1. The Morgan fingerprint density at radius 3 is 2.39 bits per heavy atom. The van der Waals surface area contributed by atoms with Crippen LogP contribution < -0.4 is 0 Å². The number of nitrogens with zero attached hydrogens (tertiary/aromatic N) is 3. The summed E-state index contributed by atoms with van der Waals surface area (Å²) < 4.78 is 50.7. The summed E-state index contributed by atoms with van der Waals surface area (Å²) in [4.78, 5) is 16.7. The summed E-state index contributed by atoms with van der Waals surface area (Å²) in [5.74, 6) is 0.203. The molecule has 156 valence electrons. The molecule has 3 aliphatic rings. The lowest BCUT2D eigenvalue weighted by molar-refractivity contribution is -0.135. The molecule has 0 radical (unpaired) electrons. The van der Waals surface area contributed by atoms with Gasteiger partial charge in [-0.3, -0.25) is 9.69 Å². The summed E-state index contributed by atoms with van der Waals surface area (Å²) in [6.45, 7) is 1.93. The lowest BCUT2D eigenvalue weighted by Gasteiger charge is -2.35. The minimum absolute atomic E-state index is 0.0286. The molecule has 1 aromatic heterocycles. The predicted molar refractivity (Wildman–Crippen MR) is 106 cm³/mol. The normalized spacial score (nSPS) is 26.4. The SMILES string of the molecule is O=C(CN1CCN(S(=O)(=O)c2cccs2)CC1)N(C1CC1)[C@H]1CCS(=O)(=O)C1. The molecule has 1 aliphatic carbocycles. The fraction of sp³-hybridized carbons (Fsp3) is 0.706. The maximum absolute atomic E-state index is 12.9. The molecule has 2 aliphatic heterocycles. The Kier molecular flexibility index (Phi) is 5.56. The summed E-state index contributed by atoms with van der Waals surface area (Å²) in [7, 11) is -6.49. The van der Waals surface area contributed by atoms with E-state index in [1.165, 1.54) is 15.6 Å². The molecule has 1 aromatic rings. The van der Waals surface area contributed by atoms with Gasteiger partial charge >= 0.3 is 0 Å². The number of thiophene rings is 1. The van der Waals surface area contributed by atoms with Gasteiger partial charge in [0.25, 0.3) is 10.0 Å². The summed E-state index contributed by atoms with van der Waals surface area (Å²) >= 11 is 1.21. The standard InChI is InChI=1S/C17H25N3O5S3/c21-16(20(14-3-4-14)15-5-11-27(22,23)13-15)12-18-6-8-19(9-7-18)28(24,25)17-2-1-10-26-17/h1-2,10,14-15H,3-9,11-13H2/t15-/m0/s1. The van der Waals surface area contributed by atoms with Crippen molar-refractivity contribution in [3.05, 3.63) is 17.5 Å². The number of sulfonamides is 1. The van der Waals surface area contributed by atoms with Crippen LogP contribution in [0, 0.1) is 0 Å². The highest BCUT2D eigenvalue weighted by Gasteiger charge is 2.42. The van der Waals surface area contributed by atoms with Crippen LogP contribution in [0.2, 0.25) is 0 Å². The third-order valence-corrected chi connectivity index (χ3v) is 10.6. The first kappa shape index (κ1) is 20.3. The Hall–Kier alpha value is -1.01. The molecule has 3 fully saturated rings. The molecule has 8 nitrogen and oxygen atoms in total. The number of carbonyl (C=O) groups excluding carboxylic acids is 1. The highest BCUT2D eigenvalue weighted by molar-refractivity contribution is 7.91. The molecule has 11 heteroatoms. The Bertz CT molecular complexity index is 917. The van der Waals surface area contributed by atoms with Crippen LogP contribution in [0.5, 0.6) is 0 Å². The number of piperazine rings is 1. The molecular weight excluding hydrogens is 422 g/mol. The van der Waals surface area contributed by atoms with Crippen molar-refractivity contribution in [2.24, 2.45) is 0 Å². The molecule has 1 saturated carbocycles. The second-order valence-corrected chi connectivity index (χ2v) is 13.0. The average Bonchev–Trinajstić information content (AvgIpc) is 3.16. The van der Waals surface area contributed by atoms with Crippen LogP contribution in [0.25, 0.3) is 0 Å². The van der Waals surface area contributed by atoms with Gasteiger partial charge in [0.2, 0.25) is 5.91 Å². The van der Waals surface area contributed by atoms with Gasteiger partial charge in [-0.05, 0) is 30.7 Å². The Labute approximate surface area is 170 Å². The zero-order valence-electron chi connectivity index (χ0n) is 15.6. The zero-order valence-corrected chi connectivity index (χ0v) is 18.0. The molecular formula is C17H25N3O5S3. The first-order valence-corrected chi connectivity index (χ1v) is 13.7. The number of sulfone groups is 1. The van der Waals surface area contributed by atoms with Gasteiger partial charge in [0, 0.05) is 38.3 Å². The van der Waals surface area contributed by atoms with Crippen molar-refractivity contribution in [2.75, 3.05) is 44.2 Å². The van der Waals surface area contributed by atoms with Crippen molar-refractivity contribution >= 4 is 37.1 Å². The van der Waals surface area contributed by atoms with Crippen LogP contribution in [0.4, 0.5) is 0 Å². The van der Waals surface area contributed by atoms with Crippen LogP contribution >= 0.6 is 11.3 Å². The van der Waals surface area contributed by atoms with Gasteiger partial charge in [0.1, 0.15) is 4.21 Å². The van der Waals surface area contributed by atoms with E-state index in [0.717, 1.165) is 12.8 Å². The fourth-order valence-electron chi connectivity index (χ4n) is 3.99. The quantitative estimate of drug-likeness (QED) is 0.620. The van der Waals surface area contributed by atoms with Gasteiger partial charge in [0.05, 0.1) is 18.1 Å². The van der Waals surface area contributed by atoms with Crippen molar-refractivity contribution in [3.63, 3.8) is 0 Å². The van der Waals surface area contributed by atoms with E-state index in [-0.39, 0.29) is 36.0 Å². The minimum Gasteiger partial charge on any atom is -0.335 e. The van der Waals surface area contributed by atoms with Gasteiger partial charge in [-0.25, -0.2) is 16.8 Å². The van der Waals surface area contributed by atoms with Gasteiger partial charge in [0.15, 0.2) is 9.84 Å². The molecule has 0 N–H and O–H groups in total. The van der Waals surface area contributed by atoms with Crippen LogP contribution in [-0.2, 0) is 24.7 Å². The molecule has 0 unspecified atom stereocenters. The highest BCUT2D eigenvalue weighted by Crippen LogP contribution is 2.32. The zero-order chi connectivity index (χ0) is 19.9. The average molecular weight is 448 g/mol. The Morgan fingerprint density at radius 1 is 1.14 bits per heavy atom.